The molecule has 6 aromatic carbocycles. The summed E-state index contributed by atoms with van der Waals surface area (Å²) in [7, 11) is 1.54. The Morgan fingerprint density at radius 3 is 1.72 bits per heavy atom. The predicted octanol–water partition coefficient (Wildman–Crippen LogP) is 11.2. The number of H-pyrrole nitrogens is 2. The molecule has 0 saturated heterocycles. The normalized spacial score (nSPS) is 11.2. The summed E-state index contributed by atoms with van der Waals surface area (Å²) in [6, 6.07) is 41.1. The number of carbonyl (C=O) groups excluding carboxylic acids is 2. The van der Waals surface area contributed by atoms with Crippen LogP contribution in [0.1, 0.15) is 49.2 Å². The number of rotatable bonds is 14. The number of nitrogens with one attached hydrogen (secondary N) is 3. The maximum absolute atomic E-state index is 12.9. The number of carbonyl (C=O) groups is 2. The zero-order valence-corrected chi connectivity index (χ0v) is 39.4. The van der Waals surface area contributed by atoms with Gasteiger partial charge in [-0.15, -0.1) is 5.10 Å². The molecule has 14 nitrogen and oxygen atoms in total. The van der Waals surface area contributed by atoms with Crippen LogP contribution in [0.5, 0.6) is 11.5 Å². The number of ether oxygens (including phenoxy) is 2. The first kappa shape index (κ1) is 46.8. The summed E-state index contributed by atoms with van der Waals surface area (Å²) in [6.45, 7) is 8.12. The highest BCUT2D eigenvalue weighted by Crippen LogP contribution is 2.31. The minimum absolute atomic E-state index is 0.00345. The maximum atomic E-state index is 12.9. The molecule has 3 heterocycles. The number of nitrogens with zero attached hydrogens (tertiary/aromatic N) is 5. The van der Waals surface area contributed by atoms with Crippen LogP contribution in [0.25, 0.3) is 56.3 Å². The number of hydrogen-bond donors (Lipinski definition) is 3. The molecule has 0 radical (unpaired) electrons. The minimum atomic E-state index is -0.537. The molecule has 9 rings (SSSR count). The van der Waals surface area contributed by atoms with E-state index in [0.717, 1.165) is 56.0 Å². The summed E-state index contributed by atoms with van der Waals surface area (Å²) >= 11 is 12.6. The monoisotopic (exact) mass is 950 g/mol. The molecule has 0 bridgehead atoms. The molecule has 0 spiro atoms. The van der Waals surface area contributed by atoms with Gasteiger partial charge in [-0.1, -0.05) is 96.0 Å². The number of imidazole rings is 2. The van der Waals surface area contributed by atoms with Crippen molar-refractivity contribution in [3.63, 3.8) is 0 Å². The van der Waals surface area contributed by atoms with Crippen LogP contribution in [0, 0.1) is 0 Å². The highest BCUT2D eigenvalue weighted by atomic mass is 35.5. The molecule has 16 heteroatoms. The van der Waals surface area contributed by atoms with Crippen molar-refractivity contribution in [1.29, 1.82) is 0 Å². The Hall–Kier alpha value is -7.68. The van der Waals surface area contributed by atoms with Crippen molar-refractivity contribution in [2.75, 3.05) is 13.6 Å². The third-order valence-electron chi connectivity index (χ3n) is 10.5. The molecule has 68 heavy (non-hydrogen) atoms. The first-order valence-corrected chi connectivity index (χ1v) is 22.6. The van der Waals surface area contributed by atoms with E-state index in [1.165, 1.54) is 9.58 Å². The highest BCUT2D eigenvalue weighted by Gasteiger charge is 2.20. The Balaban J connectivity index is 0.000000184. The van der Waals surface area contributed by atoms with E-state index in [9.17, 15) is 14.4 Å². The summed E-state index contributed by atoms with van der Waals surface area (Å²) in [5.74, 6) is 2.11. The summed E-state index contributed by atoms with van der Waals surface area (Å²) < 4.78 is 17.9. The van der Waals surface area contributed by atoms with Crippen molar-refractivity contribution in [2.45, 2.75) is 53.0 Å². The van der Waals surface area contributed by atoms with Crippen molar-refractivity contribution in [3.05, 3.63) is 171 Å². The van der Waals surface area contributed by atoms with E-state index >= 15 is 0 Å². The van der Waals surface area contributed by atoms with E-state index in [4.69, 9.17) is 37.1 Å². The number of halogens is 2. The van der Waals surface area contributed by atoms with Gasteiger partial charge in [-0.3, -0.25) is 4.79 Å². The lowest BCUT2D eigenvalue weighted by Crippen LogP contribution is -2.40. The van der Waals surface area contributed by atoms with Gasteiger partial charge in [-0.05, 0) is 99.5 Å². The van der Waals surface area contributed by atoms with Gasteiger partial charge in [0.1, 0.15) is 23.1 Å². The smallest absolute Gasteiger partial charge is 0.437 e. The minimum Gasteiger partial charge on any atom is -0.489 e. The van der Waals surface area contributed by atoms with Gasteiger partial charge in [0.2, 0.25) is 5.89 Å². The van der Waals surface area contributed by atoms with Gasteiger partial charge in [-0.2, -0.15) is 4.68 Å². The predicted molar refractivity (Wildman–Crippen MR) is 266 cm³/mol. The van der Waals surface area contributed by atoms with E-state index in [-0.39, 0.29) is 49.5 Å². The zero-order valence-electron chi connectivity index (χ0n) is 37.9. The van der Waals surface area contributed by atoms with E-state index in [1.807, 2.05) is 125 Å². The van der Waals surface area contributed by atoms with Crippen molar-refractivity contribution in [2.24, 2.45) is 0 Å². The molecule has 3 aromatic heterocycles. The van der Waals surface area contributed by atoms with Gasteiger partial charge in [0.15, 0.2) is 5.78 Å². The molecule has 0 aliphatic carbocycles. The van der Waals surface area contributed by atoms with Crippen LogP contribution >= 0.6 is 23.2 Å². The number of amides is 2. The second kappa shape index (κ2) is 20.9. The fourth-order valence-corrected chi connectivity index (χ4v) is 7.71. The molecule has 2 amide bonds. The molecular formula is C52H48Cl2N8O6. The lowest BCUT2D eigenvalue weighted by molar-refractivity contribution is 0.0940. The SMILES string of the molecule is CC(C)Oc1ccc(-c2nn(Cc3ccc(-c4nc5ccccc5[nH]4)cc3)c(=O)o2)cc1Cl.CNC(=O)N(CC(=O)c1ccc(OC(C)C)c(Cl)c1)Cc1ccc(-c2nc3ccccc3[nH]2)cc1. The Morgan fingerprint density at radius 2 is 1.21 bits per heavy atom. The standard InChI is InChI=1S/C27H27ClN4O3.C25H21ClN4O3/c1-17(2)35-25-13-12-20(14-21(25)28)24(33)16-32(27(34)29-3)15-18-8-10-19(11-9-18)26-30-22-6-4-5-7-23(22)31-26;1-15(2)32-22-12-11-18(13-19(22)26)24-29-30(25(31)33-24)14-16-7-9-17(10-8-16)23-27-20-5-3-4-6-21(20)28-23/h4-14,17H,15-16H2,1-3H3,(H,29,34)(H,30,31);3-13,15H,14H2,1-2H3,(H,27,28). The topological polar surface area (TPSA) is 173 Å². The van der Waals surface area contributed by atoms with Crippen molar-refractivity contribution in [3.8, 4) is 45.7 Å². The Labute approximate surface area is 401 Å². The van der Waals surface area contributed by atoms with Crippen LogP contribution in [0.3, 0.4) is 0 Å². The lowest BCUT2D eigenvalue weighted by Gasteiger charge is -2.22. The Bertz CT molecular complexity index is 3200. The van der Waals surface area contributed by atoms with Gasteiger partial charge in [-0.25, -0.2) is 19.6 Å². The Morgan fingerprint density at radius 1 is 0.691 bits per heavy atom. The van der Waals surface area contributed by atoms with E-state index in [2.05, 4.69) is 30.4 Å². The van der Waals surface area contributed by atoms with E-state index in [1.54, 1.807) is 43.4 Å². The first-order chi connectivity index (χ1) is 32.8. The largest absolute Gasteiger partial charge is 0.489 e. The van der Waals surface area contributed by atoms with E-state index in [0.29, 0.717) is 32.7 Å². The molecule has 346 valence electrons. The number of hydrogen-bond acceptors (Lipinski definition) is 9. The third-order valence-corrected chi connectivity index (χ3v) is 11.1. The second-order valence-electron chi connectivity index (χ2n) is 16.4. The second-order valence-corrected chi connectivity index (χ2v) is 17.2. The maximum Gasteiger partial charge on any atom is 0.437 e. The lowest BCUT2D eigenvalue weighted by atomic mass is 10.1. The molecule has 0 fully saturated rings. The third kappa shape index (κ3) is 11.3. The van der Waals surface area contributed by atoms with Crippen LogP contribution in [0.15, 0.2) is 143 Å². The molecule has 0 unspecified atom stereocenters. The average molecular weight is 952 g/mol. The number of fused-ring (bicyclic) bond motifs is 2. The molecule has 9 aromatic rings. The summed E-state index contributed by atoms with van der Waals surface area (Å²) in [5, 5.41) is 7.73. The number of Topliss-reactive ketones (excluding diaryl/α,β-unsaturated/α-hetero) is 1. The first-order valence-electron chi connectivity index (χ1n) is 21.9. The van der Waals surface area contributed by atoms with Gasteiger partial charge in [0, 0.05) is 35.8 Å². The number of ketones is 1. The quantitative estimate of drug-likeness (QED) is 0.0897. The zero-order chi connectivity index (χ0) is 47.9. The van der Waals surface area contributed by atoms with Crippen molar-refractivity contribution >= 4 is 57.1 Å². The fourth-order valence-electron chi connectivity index (χ4n) is 7.26. The average Bonchev–Trinajstić information content (AvgIpc) is 4.07. The molecule has 0 atom stereocenters. The number of aromatic nitrogens is 6. The van der Waals surface area contributed by atoms with Crippen molar-refractivity contribution < 1.29 is 23.5 Å². The van der Waals surface area contributed by atoms with Crippen molar-refractivity contribution in [1.82, 2.24) is 39.9 Å². The van der Waals surface area contributed by atoms with Gasteiger partial charge >= 0.3 is 11.8 Å². The van der Waals surface area contributed by atoms with Gasteiger partial charge in [0.25, 0.3) is 0 Å². The van der Waals surface area contributed by atoms with Crippen LogP contribution in [-0.4, -0.2) is 72.2 Å². The van der Waals surface area contributed by atoms with Gasteiger partial charge < -0.3 is 34.1 Å². The summed E-state index contributed by atoms with van der Waals surface area (Å²) in [4.78, 5) is 55.2. The summed E-state index contributed by atoms with van der Waals surface area (Å²) in [6.07, 6.45) is -0.0280. The summed E-state index contributed by atoms with van der Waals surface area (Å²) in [5.41, 5.74) is 8.50. The van der Waals surface area contributed by atoms with Crippen LogP contribution in [-0.2, 0) is 13.1 Å². The molecular weight excluding hydrogens is 904 g/mol. The number of benzene rings is 6. The van der Waals surface area contributed by atoms with Gasteiger partial charge in [0.05, 0.1) is 57.4 Å². The fraction of sp³-hybridized carbons (Fsp3) is 0.192. The highest BCUT2D eigenvalue weighted by molar-refractivity contribution is 6.32. The molecule has 0 aliphatic rings. The molecule has 0 aliphatic heterocycles. The van der Waals surface area contributed by atoms with E-state index < -0.39 is 5.76 Å². The van der Waals surface area contributed by atoms with Crippen LogP contribution in [0.2, 0.25) is 10.0 Å². The molecule has 0 saturated carbocycles. The number of aromatic amines is 2. The Kier molecular flexibility index (Phi) is 14.4. The molecule has 3 N–H and O–H groups in total. The number of urea groups is 1. The van der Waals surface area contributed by atoms with Crippen LogP contribution in [0.4, 0.5) is 4.79 Å². The number of para-hydroxylation sites is 4. The van der Waals surface area contributed by atoms with Crippen LogP contribution < -0.4 is 20.5 Å².